The van der Waals surface area contributed by atoms with Gasteiger partial charge in [0.05, 0.1) is 11.2 Å². The van der Waals surface area contributed by atoms with Gasteiger partial charge in [0.1, 0.15) is 16.2 Å². The standard InChI is InChI=1S/C15H20N4O2S2/c1-8-9(2)23-13-11(8)12(18-7-19-13)22-5-10(20)17-6-15(3,4)14(16)21/h7H,5-6H2,1-4H3,(H2,16,21)(H,17,20). The largest absolute Gasteiger partial charge is 0.369 e. The second-order valence-electron chi connectivity index (χ2n) is 5.96. The number of thiophene rings is 1. The summed E-state index contributed by atoms with van der Waals surface area (Å²) in [4.78, 5) is 34.0. The molecule has 0 aliphatic carbocycles. The minimum atomic E-state index is -0.760. The number of nitrogens with one attached hydrogen (secondary N) is 1. The number of rotatable bonds is 6. The summed E-state index contributed by atoms with van der Waals surface area (Å²) in [5, 5.41) is 4.57. The van der Waals surface area contributed by atoms with Crippen LogP contribution in [0.25, 0.3) is 10.2 Å². The summed E-state index contributed by atoms with van der Waals surface area (Å²) < 4.78 is 0. The number of carbonyl (C=O) groups is 2. The Hall–Kier alpha value is -1.67. The Morgan fingerprint density at radius 1 is 1.35 bits per heavy atom. The molecule has 0 radical (unpaired) electrons. The zero-order valence-corrected chi connectivity index (χ0v) is 15.2. The lowest BCUT2D eigenvalue weighted by Gasteiger charge is -2.20. The molecule has 0 aromatic carbocycles. The molecule has 124 valence electrons. The van der Waals surface area contributed by atoms with Crippen molar-refractivity contribution >= 4 is 45.1 Å². The number of fused-ring (bicyclic) bond motifs is 1. The minimum Gasteiger partial charge on any atom is -0.369 e. The van der Waals surface area contributed by atoms with E-state index in [2.05, 4.69) is 22.2 Å². The average molecular weight is 352 g/mol. The topological polar surface area (TPSA) is 98.0 Å². The SMILES string of the molecule is Cc1sc2ncnc(SCC(=O)NCC(C)(C)C(N)=O)c2c1C. The third-order valence-corrected chi connectivity index (χ3v) is 5.77. The highest BCUT2D eigenvalue weighted by Gasteiger charge is 2.25. The fourth-order valence-corrected chi connectivity index (χ4v) is 3.80. The monoisotopic (exact) mass is 352 g/mol. The van der Waals surface area contributed by atoms with Crippen molar-refractivity contribution in [3.8, 4) is 0 Å². The Bertz CT molecular complexity index is 755. The molecule has 2 aromatic heterocycles. The van der Waals surface area contributed by atoms with Gasteiger partial charge < -0.3 is 11.1 Å². The first-order valence-electron chi connectivity index (χ1n) is 7.12. The molecule has 23 heavy (non-hydrogen) atoms. The van der Waals surface area contributed by atoms with Gasteiger partial charge in [-0.15, -0.1) is 11.3 Å². The highest BCUT2D eigenvalue weighted by atomic mass is 32.2. The Balaban J connectivity index is 2.01. The van der Waals surface area contributed by atoms with E-state index in [1.54, 1.807) is 25.2 Å². The van der Waals surface area contributed by atoms with Crippen molar-refractivity contribution in [1.82, 2.24) is 15.3 Å². The van der Waals surface area contributed by atoms with Gasteiger partial charge in [-0.25, -0.2) is 9.97 Å². The van der Waals surface area contributed by atoms with Gasteiger partial charge in [0.15, 0.2) is 0 Å². The zero-order valence-electron chi connectivity index (χ0n) is 13.6. The van der Waals surface area contributed by atoms with E-state index in [-0.39, 0.29) is 18.2 Å². The Morgan fingerprint density at radius 3 is 2.70 bits per heavy atom. The van der Waals surface area contributed by atoms with Gasteiger partial charge in [-0.1, -0.05) is 11.8 Å². The van der Waals surface area contributed by atoms with Crippen LogP contribution in [0.2, 0.25) is 0 Å². The molecule has 0 aliphatic rings. The molecule has 8 heteroatoms. The van der Waals surface area contributed by atoms with E-state index in [9.17, 15) is 9.59 Å². The first-order chi connectivity index (χ1) is 10.7. The summed E-state index contributed by atoms with van der Waals surface area (Å²) in [5.74, 6) is -0.358. The number of aryl methyl sites for hydroxylation is 2. The quantitative estimate of drug-likeness (QED) is 0.612. The summed E-state index contributed by atoms with van der Waals surface area (Å²) in [7, 11) is 0. The average Bonchev–Trinajstić information content (AvgIpc) is 2.78. The molecule has 0 atom stereocenters. The molecule has 2 rings (SSSR count). The molecule has 0 unspecified atom stereocenters. The van der Waals surface area contributed by atoms with Crippen LogP contribution in [0.5, 0.6) is 0 Å². The smallest absolute Gasteiger partial charge is 0.230 e. The van der Waals surface area contributed by atoms with Crippen LogP contribution in [0.3, 0.4) is 0 Å². The first kappa shape index (κ1) is 17.7. The fraction of sp³-hybridized carbons (Fsp3) is 0.467. The van der Waals surface area contributed by atoms with Crippen LogP contribution in [0.4, 0.5) is 0 Å². The van der Waals surface area contributed by atoms with Crippen molar-refractivity contribution in [1.29, 1.82) is 0 Å². The normalized spacial score (nSPS) is 11.7. The van der Waals surface area contributed by atoms with E-state index in [1.165, 1.54) is 23.0 Å². The predicted molar refractivity (Wildman–Crippen MR) is 93.6 cm³/mol. The molecule has 3 N–H and O–H groups in total. The molecule has 0 saturated carbocycles. The molecule has 0 spiro atoms. The number of aromatic nitrogens is 2. The first-order valence-corrected chi connectivity index (χ1v) is 8.92. The third-order valence-electron chi connectivity index (χ3n) is 3.67. The van der Waals surface area contributed by atoms with Gasteiger partial charge in [0.2, 0.25) is 11.8 Å². The summed E-state index contributed by atoms with van der Waals surface area (Å²) in [6.45, 7) is 7.71. The maximum Gasteiger partial charge on any atom is 0.230 e. The van der Waals surface area contributed by atoms with Gasteiger partial charge in [0.25, 0.3) is 0 Å². The Morgan fingerprint density at radius 2 is 2.04 bits per heavy atom. The van der Waals surface area contributed by atoms with E-state index < -0.39 is 11.3 Å². The van der Waals surface area contributed by atoms with E-state index >= 15 is 0 Å². The van der Waals surface area contributed by atoms with Crippen LogP contribution < -0.4 is 11.1 Å². The molecule has 2 aromatic rings. The highest BCUT2D eigenvalue weighted by molar-refractivity contribution is 8.00. The predicted octanol–water partition coefficient (Wildman–Crippen LogP) is 2.03. The van der Waals surface area contributed by atoms with Crippen LogP contribution >= 0.6 is 23.1 Å². The molecule has 0 aliphatic heterocycles. The third kappa shape index (κ3) is 4.00. The van der Waals surface area contributed by atoms with E-state index in [4.69, 9.17) is 5.73 Å². The molecule has 6 nitrogen and oxygen atoms in total. The number of hydrogen-bond acceptors (Lipinski definition) is 6. The second kappa shape index (κ2) is 6.84. The maximum absolute atomic E-state index is 12.0. The van der Waals surface area contributed by atoms with Crippen molar-refractivity contribution in [3.63, 3.8) is 0 Å². The van der Waals surface area contributed by atoms with Gasteiger partial charge in [0, 0.05) is 16.8 Å². The lowest BCUT2D eigenvalue weighted by atomic mass is 9.93. The van der Waals surface area contributed by atoms with Crippen molar-refractivity contribution in [3.05, 3.63) is 16.8 Å². The van der Waals surface area contributed by atoms with Gasteiger partial charge in [-0.3, -0.25) is 9.59 Å². The summed E-state index contributed by atoms with van der Waals surface area (Å²) in [5.41, 5.74) is 5.69. The number of nitrogens with zero attached hydrogens (tertiary/aromatic N) is 2. The lowest BCUT2D eigenvalue weighted by Crippen LogP contribution is -2.42. The van der Waals surface area contributed by atoms with E-state index in [0.29, 0.717) is 0 Å². The Kier molecular flexibility index (Phi) is 5.26. The number of thioether (sulfide) groups is 1. The Labute approximate surface area is 143 Å². The summed E-state index contributed by atoms with van der Waals surface area (Å²) in [6, 6.07) is 0. The van der Waals surface area contributed by atoms with Crippen LogP contribution in [-0.2, 0) is 9.59 Å². The van der Waals surface area contributed by atoms with Crippen molar-refractivity contribution < 1.29 is 9.59 Å². The van der Waals surface area contributed by atoms with Crippen molar-refractivity contribution in [2.24, 2.45) is 11.1 Å². The summed E-state index contributed by atoms with van der Waals surface area (Å²) >= 11 is 3.00. The molecular formula is C15H20N4O2S2. The number of hydrogen-bond donors (Lipinski definition) is 2. The zero-order chi connectivity index (χ0) is 17.2. The molecule has 2 amide bonds. The molecule has 0 fully saturated rings. The lowest BCUT2D eigenvalue weighted by molar-refractivity contribution is -0.126. The van der Waals surface area contributed by atoms with Crippen LogP contribution in [0.15, 0.2) is 11.4 Å². The number of primary amides is 1. The molecule has 2 heterocycles. The molecule has 0 bridgehead atoms. The van der Waals surface area contributed by atoms with E-state index in [0.717, 1.165) is 20.8 Å². The molecular weight excluding hydrogens is 332 g/mol. The summed E-state index contributed by atoms with van der Waals surface area (Å²) in [6.07, 6.45) is 1.52. The van der Waals surface area contributed by atoms with Crippen LogP contribution in [0, 0.1) is 19.3 Å². The second-order valence-corrected chi connectivity index (χ2v) is 8.12. The van der Waals surface area contributed by atoms with Gasteiger partial charge in [-0.2, -0.15) is 0 Å². The molecule has 0 saturated heterocycles. The number of carbonyl (C=O) groups excluding carboxylic acids is 2. The van der Waals surface area contributed by atoms with Crippen LogP contribution in [0.1, 0.15) is 24.3 Å². The maximum atomic E-state index is 12.0. The van der Waals surface area contributed by atoms with Gasteiger partial charge >= 0.3 is 0 Å². The minimum absolute atomic E-state index is 0.152. The van der Waals surface area contributed by atoms with Crippen LogP contribution in [-0.4, -0.2) is 34.1 Å². The van der Waals surface area contributed by atoms with E-state index in [1.807, 2.05) is 6.92 Å². The fourth-order valence-electron chi connectivity index (χ4n) is 1.85. The number of amides is 2. The van der Waals surface area contributed by atoms with Gasteiger partial charge in [-0.05, 0) is 33.3 Å². The number of nitrogens with two attached hydrogens (primary N) is 1. The van der Waals surface area contributed by atoms with Crippen molar-refractivity contribution in [2.45, 2.75) is 32.7 Å². The van der Waals surface area contributed by atoms with Crippen molar-refractivity contribution in [2.75, 3.05) is 12.3 Å². The highest BCUT2D eigenvalue weighted by Crippen LogP contribution is 2.34.